The molecule has 0 radical (unpaired) electrons. The van der Waals surface area contributed by atoms with Crippen molar-refractivity contribution in [2.75, 3.05) is 0 Å². The van der Waals surface area contributed by atoms with Crippen LogP contribution in [-0.4, -0.2) is 16.4 Å². The Morgan fingerprint density at radius 3 is 2.45 bits per heavy atom. The topological polar surface area (TPSA) is 74.9 Å². The predicted octanol–water partition coefficient (Wildman–Crippen LogP) is 4.57. The van der Waals surface area contributed by atoms with E-state index in [9.17, 15) is 9.59 Å². The van der Waals surface area contributed by atoms with Gasteiger partial charge in [0, 0.05) is 22.8 Å². The van der Waals surface area contributed by atoms with E-state index in [-0.39, 0.29) is 11.8 Å². The molecule has 0 unspecified atom stereocenters. The number of hydrogen-bond donors (Lipinski definition) is 1. The summed E-state index contributed by atoms with van der Waals surface area (Å²) in [5.74, 6) is -0.729. The molecule has 2 heterocycles. The highest BCUT2D eigenvalue weighted by molar-refractivity contribution is 6.32. The zero-order valence-electron chi connectivity index (χ0n) is 15.8. The van der Waals surface area contributed by atoms with Crippen molar-refractivity contribution >= 4 is 33.6 Å². The number of nitrogens with zero attached hydrogens (tertiary/aromatic N) is 2. The van der Waals surface area contributed by atoms with E-state index in [4.69, 9.17) is 5.26 Å². The van der Waals surface area contributed by atoms with E-state index in [1.807, 2.05) is 61.5 Å². The molecule has 3 aromatic carbocycles. The van der Waals surface area contributed by atoms with Crippen LogP contribution in [0.15, 0.2) is 54.6 Å². The molecule has 5 rings (SSSR count). The number of hydrogen-bond acceptors (Lipinski definition) is 3. The number of nitrogens with one attached hydrogen (secondary N) is 1. The highest BCUT2D eigenvalue weighted by atomic mass is 16.2. The quantitative estimate of drug-likeness (QED) is 0.530. The van der Waals surface area contributed by atoms with Crippen molar-refractivity contribution in [1.82, 2.24) is 9.88 Å². The molecular weight excluding hydrogens is 362 g/mol. The van der Waals surface area contributed by atoms with Gasteiger partial charge in [0.1, 0.15) is 0 Å². The summed E-state index contributed by atoms with van der Waals surface area (Å²) in [4.78, 5) is 25.6. The highest BCUT2D eigenvalue weighted by Crippen LogP contribution is 2.41. The molecule has 0 bridgehead atoms. The number of carbonyl (C=O) groups is 2. The van der Waals surface area contributed by atoms with Crippen LogP contribution < -0.4 is 5.32 Å². The maximum absolute atomic E-state index is 12.8. The van der Waals surface area contributed by atoms with Crippen LogP contribution >= 0.6 is 0 Å². The SMILES string of the molecule is Cc1ccccc1-c1cc2c(c3c1C(=O)NC3=O)c1ccccc1n2CCC#N. The predicted molar refractivity (Wildman–Crippen MR) is 112 cm³/mol. The summed E-state index contributed by atoms with van der Waals surface area (Å²) in [5.41, 5.74) is 5.37. The number of para-hydroxylation sites is 1. The molecule has 1 aliphatic rings. The second-order valence-corrected chi connectivity index (χ2v) is 7.24. The van der Waals surface area contributed by atoms with Gasteiger partial charge in [-0.05, 0) is 35.7 Å². The summed E-state index contributed by atoms with van der Waals surface area (Å²) in [6.45, 7) is 2.51. The standard InChI is InChI=1S/C24H17N3O2/c1-14-7-2-3-8-15(14)17-13-19-20(22-21(17)23(28)26-24(22)29)16-9-4-5-10-18(16)27(19)12-6-11-25/h2-5,7-10,13H,6,12H2,1H3,(H,26,28,29). The molecule has 5 heteroatoms. The van der Waals surface area contributed by atoms with E-state index in [2.05, 4.69) is 16.0 Å². The molecule has 0 saturated heterocycles. The first-order chi connectivity index (χ1) is 14.1. The monoisotopic (exact) mass is 379 g/mol. The molecule has 0 aliphatic carbocycles. The van der Waals surface area contributed by atoms with Gasteiger partial charge in [-0.15, -0.1) is 0 Å². The summed E-state index contributed by atoms with van der Waals surface area (Å²) in [7, 11) is 0. The Morgan fingerprint density at radius 1 is 0.931 bits per heavy atom. The van der Waals surface area contributed by atoms with Gasteiger partial charge in [-0.1, -0.05) is 42.5 Å². The summed E-state index contributed by atoms with van der Waals surface area (Å²) < 4.78 is 2.08. The van der Waals surface area contributed by atoms with E-state index in [1.54, 1.807) is 0 Å². The Kier molecular flexibility index (Phi) is 3.75. The van der Waals surface area contributed by atoms with Crippen LogP contribution in [0.3, 0.4) is 0 Å². The molecule has 1 aromatic heterocycles. The Hall–Kier alpha value is -3.91. The maximum atomic E-state index is 12.8. The van der Waals surface area contributed by atoms with Crippen molar-refractivity contribution in [1.29, 1.82) is 5.26 Å². The van der Waals surface area contributed by atoms with E-state index >= 15 is 0 Å². The fraction of sp³-hybridized carbons (Fsp3) is 0.125. The summed E-state index contributed by atoms with van der Waals surface area (Å²) in [6.07, 6.45) is 0.357. The van der Waals surface area contributed by atoms with Gasteiger partial charge in [0.05, 0.1) is 29.1 Å². The summed E-state index contributed by atoms with van der Waals surface area (Å²) >= 11 is 0. The van der Waals surface area contributed by atoms with Gasteiger partial charge >= 0.3 is 0 Å². The van der Waals surface area contributed by atoms with Crippen molar-refractivity contribution in [2.45, 2.75) is 19.9 Å². The minimum absolute atomic E-state index is 0.357. The fourth-order valence-electron chi connectivity index (χ4n) is 4.39. The van der Waals surface area contributed by atoms with Gasteiger partial charge in [0.25, 0.3) is 11.8 Å². The number of carbonyl (C=O) groups excluding carboxylic acids is 2. The third kappa shape index (κ3) is 2.39. The molecule has 4 aromatic rings. The van der Waals surface area contributed by atoms with Crippen molar-refractivity contribution in [3.63, 3.8) is 0 Å². The zero-order valence-corrected chi connectivity index (χ0v) is 15.8. The van der Waals surface area contributed by atoms with Gasteiger partial charge in [0.2, 0.25) is 0 Å². The molecule has 0 saturated carbocycles. The fourth-order valence-corrected chi connectivity index (χ4v) is 4.39. The molecule has 1 aliphatic heterocycles. The zero-order chi connectivity index (χ0) is 20.1. The Bertz CT molecular complexity index is 1390. The largest absolute Gasteiger partial charge is 0.339 e. The van der Waals surface area contributed by atoms with E-state index in [1.165, 1.54) is 0 Å². The third-order valence-electron chi connectivity index (χ3n) is 5.63. The van der Waals surface area contributed by atoms with Gasteiger partial charge in [0.15, 0.2) is 0 Å². The van der Waals surface area contributed by atoms with Gasteiger partial charge in [-0.2, -0.15) is 5.26 Å². The Balaban J connectivity index is 1.99. The highest BCUT2D eigenvalue weighted by Gasteiger charge is 2.34. The van der Waals surface area contributed by atoms with Crippen molar-refractivity contribution in [3.8, 4) is 17.2 Å². The number of rotatable bonds is 3. The van der Waals surface area contributed by atoms with Crippen LogP contribution in [0.2, 0.25) is 0 Å². The van der Waals surface area contributed by atoms with Crippen molar-refractivity contribution in [3.05, 3.63) is 71.3 Å². The van der Waals surface area contributed by atoms with Gasteiger partial charge < -0.3 is 4.57 Å². The molecule has 2 amide bonds. The van der Waals surface area contributed by atoms with Crippen LogP contribution in [0.5, 0.6) is 0 Å². The second kappa shape index (κ2) is 6.32. The first-order valence-electron chi connectivity index (χ1n) is 9.48. The van der Waals surface area contributed by atoms with E-state index < -0.39 is 0 Å². The lowest BCUT2D eigenvalue weighted by molar-refractivity contribution is 0.0880. The lowest BCUT2D eigenvalue weighted by Crippen LogP contribution is -2.20. The number of benzene rings is 3. The average Bonchev–Trinajstić information content (AvgIpc) is 3.20. The maximum Gasteiger partial charge on any atom is 0.259 e. The molecule has 140 valence electrons. The molecule has 0 fully saturated rings. The van der Waals surface area contributed by atoms with E-state index in [0.29, 0.717) is 24.1 Å². The summed E-state index contributed by atoms with van der Waals surface area (Å²) in [6, 6.07) is 19.9. The molecule has 0 spiro atoms. The molecule has 29 heavy (non-hydrogen) atoms. The molecule has 1 N–H and O–H groups in total. The van der Waals surface area contributed by atoms with Gasteiger partial charge in [-0.25, -0.2) is 0 Å². The van der Waals surface area contributed by atoms with Crippen LogP contribution in [0.25, 0.3) is 32.9 Å². The number of amides is 2. The number of aromatic nitrogens is 1. The van der Waals surface area contributed by atoms with Crippen LogP contribution in [0.1, 0.15) is 32.7 Å². The van der Waals surface area contributed by atoms with Crippen LogP contribution in [0.4, 0.5) is 0 Å². The van der Waals surface area contributed by atoms with Crippen molar-refractivity contribution in [2.24, 2.45) is 0 Å². The van der Waals surface area contributed by atoms with E-state index in [0.717, 1.165) is 38.5 Å². The lowest BCUT2D eigenvalue weighted by Gasteiger charge is -2.12. The first-order valence-corrected chi connectivity index (χ1v) is 9.48. The smallest absolute Gasteiger partial charge is 0.259 e. The average molecular weight is 379 g/mol. The number of aryl methyl sites for hydroxylation is 2. The second-order valence-electron chi connectivity index (χ2n) is 7.24. The molecule has 0 atom stereocenters. The minimum Gasteiger partial charge on any atom is -0.339 e. The van der Waals surface area contributed by atoms with Crippen LogP contribution in [-0.2, 0) is 6.54 Å². The molecule has 5 nitrogen and oxygen atoms in total. The third-order valence-corrected chi connectivity index (χ3v) is 5.63. The number of imide groups is 1. The number of nitriles is 1. The first kappa shape index (κ1) is 17.2. The normalized spacial score (nSPS) is 13.0. The van der Waals surface area contributed by atoms with Gasteiger partial charge in [-0.3, -0.25) is 14.9 Å². The summed E-state index contributed by atoms with van der Waals surface area (Å²) in [5, 5.41) is 13.3. The minimum atomic E-state index is -0.367. The Morgan fingerprint density at radius 2 is 1.66 bits per heavy atom. The van der Waals surface area contributed by atoms with Crippen molar-refractivity contribution < 1.29 is 9.59 Å². The molecular formula is C24H17N3O2. The van der Waals surface area contributed by atoms with Crippen LogP contribution in [0, 0.1) is 18.3 Å². The number of fused-ring (bicyclic) bond motifs is 5. The Labute approximate surface area is 167 Å². The lowest BCUT2D eigenvalue weighted by atomic mass is 9.91.